The number of nitrogens with one attached hydrogen (secondary N) is 2. The van der Waals surface area contributed by atoms with E-state index in [1.54, 1.807) is 62.0 Å². The number of anilines is 2. The van der Waals surface area contributed by atoms with Gasteiger partial charge in [0.05, 0.1) is 30.9 Å². The predicted molar refractivity (Wildman–Crippen MR) is 116 cm³/mol. The Balaban J connectivity index is 1.76. The van der Waals surface area contributed by atoms with Crippen LogP contribution in [-0.2, 0) is 0 Å². The molecule has 0 aliphatic carbocycles. The van der Waals surface area contributed by atoms with Crippen LogP contribution in [0.15, 0.2) is 54.9 Å². The molecule has 0 bridgehead atoms. The highest BCUT2D eigenvalue weighted by atomic mass is 16.5. The van der Waals surface area contributed by atoms with Gasteiger partial charge in [-0.2, -0.15) is 0 Å². The Hall–Kier alpha value is -3.65. The summed E-state index contributed by atoms with van der Waals surface area (Å²) in [5.41, 5.74) is 2.68. The number of aromatic nitrogens is 2. The molecule has 0 spiro atoms. The highest BCUT2D eigenvalue weighted by Crippen LogP contribution is 2.29. The van der Waals surface area contributed by atoms with Crippen LogP contribution >= 0.6 is 0 Å². The summed E-state index contributed by atoms with van der Waals surface area (Å²) >= 11 is 0. The Kier molecular flexibility index (Phi) is 6.82. The van der Waals surface area contributed by atoms with Crippen molar-refractivity contribution < 1.29 is 14.6 Å². The summed E-state index contributed by atoms with van der Waals surface area (Å²) in [5.74, 6) is 1.08. The average Bonchev–Trinajstić information content (AvgIpc) is 2.74. The second-order valence-corrected chi connectivity index (χ2v) is 6.94. The SMILES string of the molecule is COc1cc(C(=O)NCCN(C)C)ccc1Nc1cncc(-c2ccc(O)cc2)n1. The number of nitrogens with zero attached hydrogens (tertiary/aromatic N) is 3. The summed E-state index contributed by atoms with van der Waals surface area (Å²) in [6.45, 7) is 1.33. The molecule has 0 atom stereocenters. The first-order valence-electron chi connectivity index (χ1n) is 9.45. The number of amides is 1. The number of hydrogen-bond acceptors (Lipinski definition) is 7. The lowest BCUT2D eigenvalue weighted by Gasteiger charge is -2.14. The number of methoxy groups -OCH3 is 1. The third kappa shape index (κ3) is 5.45. The zero-order valence-electron chi connectivity index (χ0n) is 17.2. The summed E-state index contributed by atoms with van der Waals surface area (Å²) in [6.07, 6.45) is 3.25. The number of carbonyl (C=O) groups is 1. The van der Waals surface area contributed by atoms with Crippen LogP contribution in [0.1, 0.15) is 10.4 Å². The number of ether oxygens (including phenoxy) is 1. The molecule has 1 heterocycles. The molecule has 30 heavy (non-hydrogen) atoms. The van der Waals surface area contributed by atoms with Crippen LogP contribution in [0.25, 0.3) is 11.3 Å². The van der Waals surface area contributed by atoms with Gasteiger partial charge in [0.1, 0.15) is 17.3 Å². The molecule has 156 valence electrons. The van der Waals surface area contributed by atoms with E-state index in [1.165, 1.54) is 0 Å². The minimum Gasteiger partial charge on any atom is -0.508 e. The van der Waals surface area contributed by atoms with Crippen LogP contribution in [-0.4, -0.2) is 60.2 Å². The van der Waals surface area contributed by atoms with Crippen LogP contribution in [0.2, 0.25) is 0 Å². The maximum atomic E-state index is 12.3. The molecule has 8 heteroatoms. The number of likely N-dealkylation sites (N-methyl/N-ethyl adjacent to an activating group) is 1. The molecule has 0 unspecified atom stereocenters. The molecular formula is C22H25N5O3. The molecule has 0 saturated heterocycles. The van der Waals surface area contributed by atoms with E-state index >= 15 is 0 Å². The number of benzene rings is 2. The first kappa shape index (κ1) is 21.1. The molecule has 2 aromatic carbocycles. The fraction of sp³-hybridized carbons (Fsp3) is 0.227. The van der Waals surface area contributed by atoms with E-state index in [0.717, 1.165) is 12.1 Å². The molecular weight excluding hydrogens is 382 g/mol. The predicted octanol–water partition coefficient (Wildman–Crippen LogP) is 2.89. The zero-order chi connectivity index (χ0) is 21.5. The number of hydrogen-bond donors (Lipinski definition) is 3. The van der Waals surface area contributed by atoms with Crippen molar-refractivity contribution in [2.45, 2.75) is 0 Å². The van der Waals surface area contributed by atoms with Crippen molar-refractivity contribution in [1.82, 2.24) is 20.2 Å². The van der Waals surface area contributed by atoms with E-state index in [1.807, 2.05) is 19.0 Å². The van der Waals surface area contributed by atoms with Gasteiger partial charge in [-0.3, -0.25) is 9.78 Å². The van der Waals surface area contributed by atoms with Gasteiger partial charge in [-0.25, -0.2) is 4.98 Å². The Morgan fingerprint density at radius 3 is 2.60 bits per heavy atom. The molecule has 8 nitrogen and oxygen atoms in total. The molecule has 0 aliphatic heterocycles. The molecule has 3 rings (SSSR count). The maximum Gasteiger partial charge on any atom is 0.251 e. The standard InChI is InChI=1S/C22H25N5O3/c1-27(2)11-10-24-22(29)16-6-9-18(20(12-16)30-3)25-21-14-23-13-19(26-21)15-4-7-17(28)8-5-15/h4-9,12-14,28H,10-11H2,1-3H3,(H,24,29)(H,25,26). The van der Waals surface area contributed by atoms with Crippen molar-refractivity contribution in [2.24, 2.45) is 0 Å². The normalized spacial score (nSPS) is 10.7. The summed E-state index contributed by atoms with van der Waals surface area (Å²) < 4.78 is 5.45. The van der Waals surface area contributed by atoms with E-state index in [4.69, 9.17) is 4.74 Å². The maximum absolute atomic E-state index is 12.3. The van der Waals surface area contributed by atoms with Gasteiger partial charge in [-0.1, -0.05) is 0 Å². The monoisotopic (exact) mass is 407 g/mol. The van der Waals surface area contributed by atoms with Crippen molar-refractivity contribution >= 4 is 17.4 Å². The van der Waals surface area contributed by atoms with Crippen molar-refractivity contribution in [3.05, 3.63) is 60.4 Å². The van der Waals surface area contributed by atoms with E-state index in [2.05, 4.69) is 20.6 Å². The van der Waals surface area contributed by atoms with E-state index in [9.17, 15) is 9.90 Å². The van der Waals surface area contributed by atoms with Gasteiger partial charge >= 0.3 is 0 Å². The fourth-order valence-electron chi connectivity index (χ4n) is 2.77. The number of carbonyl (C=O) groups excluding carboxylic acids is 1. The van der Waals surface area contributed by atoms with Gasteiger partial charge in [0.25, 0.3) is 5.91 Å². The lowest BCUT2D eigenvalue weighted by molar-refractivity contribution is 0.0950. The second kappa shape index (κ2) is 9.71. The topological polar surface area (TPSA) is 99.6 Å². The third-order valence-corrected chi connectivity index (χ3v) is 4.37. The highest BCUT2D eigenvalue weighted by molar-refractivity contribution is 5.95. The summed E-state index contributed by atoms with van der Waals surface area (Å²) in [4.78, 5) is 23.1. The molecule has 0 radical (unpaired) electrons. The Labute approximate surface area is 175 Å². The van der Waals surface area contributed by atoms with Crippen molar-refractivity contribution in [2.75, 3.05) is 39.6 Å². The largest absolute Gasteiger partial charge is 0.508 e. The minimum absolute atomic E-state index is 0.157. The molecule has 3 aromatic rings. The Bertz CT molecular complexity index is 1010. The summed E-state index contributed by atoms with van der Waals surface area (Å²) in [6, 6.07) is 11.9. The number of aromatic hydroxyl groups is 1. The van der Waals surface area contributed by atoms with Gasteiger partial charge in [0.2, 0.25) is 0 Å². The highest BCUT2D eigenvalue weighted by Gasteiger charge is 2.11. The van der Waals surface area contributed by atoms with Crippen molar-refractivity contribution in [3.8, 4) is 22.8 Å². The Morgan fingerprint density at radius 1 is 1.13 bits per heavy atom. The van der Waals surface area contributed by atoms with Gasteiger partial charge in [0.15, 0.2) is 0 Å². The van der Waals surface area contributed by atoms with Crippen LogP contribution in [0.3, 0.4) is 0 Å². The lowest BCUT2D eigenvalue weighted by atomic mass is 10.1. The quantitative estimate of drug-likeness (QED) is 0.528. The third-order valence-electron chi connectivity index (χ3n) is 4.37. The first-order chi connectivity index (χ1) is 14.5. The van der Waals surface area contributed by atoms with Gasteiger partial charge in [-0.15, -0.1) is 0 Å². The lowest BCUT2D eigenvalue weighted by Crippen LogP contribution is -2.31. The molecule has 0 saturated carbocycles. The molecule has 1 amide bonds. The number of phenolic OH excluding ortho intramolecular Hbond substituents is 1. The van der Waals surface area contributed by atoms with Gasteiger partial charge in [0, 0.05) is 24.2 Å². The molecule has 0 aliphatic rings. The fourth-order valence-corrected chi connectivity index (χ4v) is 2.77. The van der Waals surface area contributed by atoms with Crippen LogP contribution in [0.4, 0.5) is 11.5 Å². The van der Waals surface area contributed by atoms with Gasteiger partial charge in [-0.05, 0) is 56.6 Å². The Morgan fingerprint density at radius 2 is 1.90 bits per heavy atom. The zero-order valence-corrected chi connectivity index (χ0v) is 17.2. The average molecular weight is 407 g/mol. The van der Waals surface area contributed by atoms with Crippen LogP contribution in [0.5, 0.6) is 11.5 Å². The van der Waals surface area contributed by atoms with Crippen molar-refractivity contribution in [1.29, 1.82) is 0 Å². The second-order valence-electron chi connectivity index (χ2n) is 6.94. The smallest absolute Gasteiger partial charge is 0.251 e. The number of rotatable bonds is 8. The van der Waals surface area contributed by atoms with Crippen LogP contribution in [0, 0.1) is 0 Å². The molecule has 1 aromatic heterocycles. The minimum atomic E-state index is -0.157. The number of phenols is 1. The van der Waals surface area contributed by atoms with E-state index < -0.39 is 0 Å². The van der Waals surface area contributed by atoms with Crippen LogP contribution < -0.4 is 15.4 Å². The van der Waals surface area contributed by atoms with Crippen molar-refractivity contribution in [3.63, 3.8) is 0 Å². The van der Waals surface area contributed by atoms with Gasteiger partial charge < -0.3 is 25.4 Å². The molecule has 3 N–H and O–H groups in total. The summed E-state index contributed by atoms with van der Waals surface area (Å²) in [7, 11) is 5.46. The summed E-state index contributed by atoms with van der Waals surface area (Å²) in [5, 5.41) is 15.5. The van der Waals surface area contributed by atoms with E-state index in [-0.39, 0.29) is 11.7 Å². The molecule has 0 fully saturated rings. The first-order valence-corrected chi connectivity index (χ1v) is 9.45. The van der Waals surface area contributed by atoms with E-state index in [0.29, 0.717) is 35.1 Å².